The molecule has 1 aromatic carbocycles. The number of esters is 1. The molecule has 28 heavy (non-hydrogen) atoms. The maximum Gasteiger partial charge on any atom is 0.340 e. The summed E-state index contributed by atoms with van der Waals surface area (Å²) in [7, 11) is 4.42. The second-order valence-electron chi connectivity index (χ2n) is 6.67. The average Bonchev–Trinajstić information content (AvgIpc) is 3.30. The topological polar surface area (TPSA) is 74.3 Å². The molecule has 3 rings (SSSR count). The molecule has 0 N–H and O–H groups in total. The third-order valence-electron chi connectivity index (χ3n) is 5.05. The Labute approximate surface area is 164 Å². The Kier molecular flexibility index (Phi) is 6.04. The quantitative estimate of drug-likeness (QED) is 0.552. The number of carbonyl (C=O) groups is 2. The van der Waals surface area contributed by atoms with Gasteiger partial charge in [0.1, 0.15) is 11.5 Å². The lowest BCUT2D eigenvalue weighted by Gasteiger charge is -2.21. The van der Waals surface area contributed by atoms with E-state index in [2.05, 4.69) is 0 Å². The van der Waals surface area contributed by atoms with Gasteiger partial charge in [0.15, 0.2) is 0 Å². The SMILES string of the molecule is COC(=O)C1=C(C)N(CC2CCCO2)C(=O)/C1=C\c1ccc(OC)cc1OC. The van der Waals surface area contributed by atoms with Gasteiger partial charge in [0.25, 0.3) is 5.91 Å². The van der Waals surface area contributed by atoms with Crippen LogP contribution in [0.4, 0.5) is 0 Å². The van der Waals surface area contributed by atoms with Crippen LogP contribution < -0.4 is 9.47 Å². The van der Waals surface area contributed by atoms with Gasteiger partial charge in [-0.1, -0.05) is 0 Å². The predicted molar refractivity (Wildman–Crippen MR) is 103 cm³/mol. The van der Waals surface area contributed by atoms with E-state index >= 15 is 0 Å². The lowest BCUT2D eigenvalue weighted by atomic mass is 10.0. The minimum atomic E-state index is -0.542. The third kappa shape index (κ3) is 3.75. The van der Waals surface area contributed by atoms with Crippen LogP contribution in [0.1, 0.15) is 25.3 Å². The van der Waals surface area contributed by atoms with Crippen molar-refractivity contribution in [3.8, 4) is 11.5 Å². The number of methoxy groups -OCH3 is 3. The standard InChI is InChI=1S/C21H25NO6/c1-13-19(21(24)27-4)17(20(23)22(13)12-16-6-5-9-28-16)10-14-7-8-15(25-2)11-18(14)26-3/h7-8,10-11,16H,5-6,9,12H2,1-4H3/b17-10-. The van der Waals surface area contributed by atoms with E-state index in [-0.39, 0.29) is 23.2 Å². The van der Waals surface area contributed by atoms with Crippen LogP contribution in [0, 0.1) is 0 Å². The van der Waals surface area contributed by atoms with E-state index in [0.717, 1.165) is 12.8 Å². The number of benzene rings is 1. The van der Waals surface area contributed by atoms with Gasteiger partial charge < -0.3 is 23.8 Å². The van der Waals surface area contributed by atoms with Gasteiger partial charge in [0.2, 0.25) is 0 Å². The minimum absolute atomic E-state index is 0.0207. The molecule has 0 saturated carbocycles. The van der Waals surface area contributed by atoms with Crippen LogP contribution in [-0.2, 0) is 19.1 Å². The van der Waals surface area contributed by atoms with Gasteiger partial charge >= 0.3 is 5.97 Å². The number of rotatable bonds is 6. The number of nitrogens with zero attached hydrogens (tertiary/aromatic N) is 1. The molecule has 2 aliphatic heterocycles. The van der Waals surface area contributed by atoms with Crippen molar-refractivity contribution < 1.29 is 28.5 Å². The van der Waals surface area contributed by atoms with E-state index in [4.69, 9.17) is 18.9 Å². The molecule has 1 fully saturated rings. The van der Waals surface area contributed by atoms with E-state index in [9.17, 15) is 9.59 Å². The fourth-order valence-corrected chi connectivity index (χ4v) is 3.53. The van der Waals surface area contributed by atoms with Crippen molar-refractivity contribution in [1.82, 2.24) is 4.90 Å². The summed E-state index contributed by atoms with van der Waals surface area (Å²) in [6.45, 7) is 2.87. The normalized spacial score (nSPS) is 20.9. The molecule has 1 unspecified atom stereocenters. The second kappa shape index (κ2) is 8.48. The fraction of sp³-hybridized carbons (Fsp3) is 0.429. The molecule has 0 spiro atoms. The van der Waals surface area contributed by atoms with Crippen LogP contribution in [0.25, 0.3) is 6.08 Å². The molecule has 150 valence electrons. The molecule has 0 bridgehead atoms. The van der Waals surface area contributed by atoms with Crippen LogP contribution in [0.5, 0.6) is 11.5 Å². The van der Waals surface area contributed by atoms with Crippen molar-refractivity contribution in [3.05, 3.63) is 40.6 Å². The Morgan fingerprint density at radius 2 is 2.07 bits per heavy atom. The number of allylic oxidation sites excluding steroid dienone is 1. The summed E-state index contributed by atoms with van der Waals surface area (Å²) >= 11 is 0. The maximum absolute atomic E-state index is 13.1. The first-order valence-corrected chi connectivity index (χ1v) is 9.17. The third-order valence-corrected chi connectivity index (χ3v) is 5.05. The minimum Gasteiger partial charge on any atom is -0.497 e. The highest BCUT2D eigenvalue weighted by molar-refractivity contribution is 6.16. The van der Waals surface area contributed by atoms with Crippen LogP contribution in [0.2, 0.25) is 0 Å². The van der Waals surface area contributed by atoms with Crippen LogP contribution in [0.3, 0.4) is 0 Å². The van der Waals surface area contributed by atoms with Crippen LogP contribution >= 0.6 is 0 Å². The van der Waals surface area contributed by atoms with E-state index < -0.39 is 5.97 Å². The molecule has 7 heteroatoms. The van der Waals surface area contributed by atoms with Gasteiger partial charge in [0.05, 0.1) is 45.1 Å². The number of hydrogen-bond donors (Lipinski definition) is 0. The zero-order chi connectivity index (χ0) is 20.3. The molecule has 1 atom stereocenters. The first kappa shape index (κ1) is 19.9. The molecule has 0 radical (unpaired) electrons. The number of hydrogen-bond acceptors (Lipinski definition) is 6. The van der Waals surface area contributed by atoms with E-state index in [0.29, 0.717) is 35.9 Å². The summed E-state index contributed by atoms with van der Waals surface area (Å²) in [6, 6.07) is 5.28. The summed E-state index contributed by atoms with van der Waals surface area (Å²) < 4.78 is 21.2. The smallest absolute Gasteiger partial charge is 0.340 e. The highest BCUT2D eigenvalue weighted by Gasteiger charge is 2.38. The number of ether oxygens (including phenoxy) is 4. The van der Waals surface area contributed by atoms with Crippen molar-refractivity contribution in [3.63, 3.8) is 0 Å². The lowest BCUT2D eigenvalue weighted by Crippen LogP contribution is -2.33. The van der Waals surface area contributed by atoms with Crippen LogP contribution in [-0.4, -0.2) is 57.4 Å². The summed E-state index contributed by atoms with van der Waals surface area (Å²) in [5.41, 5.74) is 1.79. The van der Waals surface area contributed by atoms with Gasteiger partial charge in [-0.3, -0.25) is 4.79 Å². The van der Waals surface area contributed by atoms with Gasteiger partial charge in [-0.25, -0.2) is 4.79 Å². The highest BCUT2D eigenvalue weighted by atomic mass is 16.5. The fourth-order valence-electron chi connectivity index (χ4n) is 3.53. The predicted octanol–water partition coefficient (Wildman–Crippen LogP) is 2.56. The lowest BCUT2D eigenvalue weighted by molar-refractivity contribution is -0.136. The Morgan fingerprint density at radius 1 is 1.29 bits per heavy atom. The monoisotopic (exact) mass is 387 g/mol. The second-order valence-corrected chi connectivity index (χ2v) is 6.67. The summed E-state index contributed by atoms with van der Waals surface area (Å²) in [6.07, 6.45) is 3.51. The molecule has 1 amide bonds. The van der Waals surface area contributed by atoms with Gasteiger partial charge in [-0.05, 0) is 38.0 Å². The largest absolute Gasteiger partial charge is 0.497 e. The summed E-state index contributed by atoms with van der Waals surface area (Å²) in [4.78, 5) is 27.2. The van der Waals surface area contributed by atoms with Crippen molar-refractivity contribution in [2.45, 2.75) is 25.9 Å². The Balaban J connectivity index is 2.01. The van der Waals surface area contributed by atoms with Crippen molar-refractivity contribution in [2.24, 2.45) is 0 Å². The van der Waals surface area contributed by atoms with Crippen LogP contribution in [0.15, 0.2) is 35.0 Å². The molecule has 0 aromatic heterocycles. The first-order valence-electron chi connectivity index (χ1n) is 9.17. The summed E-state index contributed by atoms with van der Waals surface area (Å²) in [5.74, 6) is 0.390. The van der Waals surface area contributed by atoms with Crippen molar-refractivity contribution in [1.29, 1.82) is 0 Å². The maximum atomic E-state index is 13.1. The molecule has 2 heterocycles. The van der Waals surface area contributed by atoms with Crippen molar-refractivity contribution in [2.75, 3.05) is 34.5 Å². The molecule has 0 aliphatic carbocycles. The number of amides is 1. The highest BCUT2D eigenvalue weighted by Crippen LogP contribution is 2.35. The molecule has 2 aliphatic rings. The van der Waals surface area contributed by atoms with Crippen molar-refractivity contribution >= 4 is 18.0 Å². The molecular formula is C21H25NO6. The Bertz CT molecular complexity index is 835. The molecule has 7 nitrogen and oxygen atoms in total. The number of carbonyl (C=O) groups excluding carboxylic acids is 2. The zero-order valence-corrected chi connectivity index (χ0v) is 16.6. The molecular weight excluding hydrogens is 362 g/mol. The molecule has 1 aromatic rings. The molecule has 1 saturated heterocycles. The van der Waals surface area contributed by atoms with Gasteiger partial charge in [-0.15, -0.1) is 0 Å². The summed E-state index contributed by atoms with van der Waals surface area (Å²) in [5, 5.41) is 0. The Morgan fingerprint density at radius 3 is 2.68 bits per heavy atom. The van der Waals surface area contributed by atoms with E-state index in [1.807, 2.05) is 0 Å². The van der Waals surface area contributed by atoms with E-state index in [1.165, 1.54) is 7.11 Å². The Hall–Kier alpha value is -2.80. The zero-order valence-electron chi connectivity index (χ0n) is 16.6. The first-order chi connectivity index (χ1) is 13.5. The van der Waals surface area contributed by atoms with E-state index in [1.54, 1.807) is 50.3 Å². The van der Waals surface area contributed by atoms with Gasteiger partial charge in [0, 0.05) is 23.9 Å². The van der Waals surface area contributed by atoms with Gasteiger partial charge in [-0.2, -0.15) is 0 Å². The average molecular weight is 387 g/mol.